The van der Waals surface area contributed by atoms with Crippen LogP contribution in [0, 0.1) is 5.82 Å². The van der Waals surface area contributed by atoms with Gasteiger partial charge in [-0.1, -0.05) is 17.7 Å². The second-order valence-corrected chi connectivity index (χ2v) is 9.62. The number of carbonyl (C=O) groups excluding carboxylic acids is 1. The molecule has 0 saturated carbocycles. The van der Waals surface area contributed by atoms with Gasteiger partial charge in [-0.15, -0.1) is 0 Å². The Morgan fingerprint density at radius 2 is 1.94 bits per heavy atom. The summed E-state index contributed by atoms with van der Waals surface area (Å²) in [7, 11) is -3.69. The molecule has 11 heteroatoms. The van der Waals surface area contributed by atoms with Crippen molar-refractivity contribution in [3.8, 4) is 0 Å². The van der Waals surface area contributed by atoms with E-state index >= 15 is 0 Å². The zero-order chi connectivity index (χ0) is 23.1. The summed E-state index contributed by atoms with van der Waals surface area (Å²) in [6.07, 6.45) is 0.639. The first-order chi connectivity index (χ1) is 15.3. The van der Waals surface area contributed by atoms with Crippen molar-refractivity contribution in [3.05, 3.63) is 59.4 Å². The summed E-state index contributed by atoms with van der Waals surface area (Å²) in [5.41, 5.74) is 0.436. The van der Waals surface area contributed by atoms with Crippen LogP contribution in [0.2, 0.25) is 5.02 Å². The van der Waals surface area contributed by atoms with E-state index in [-0.39, 0.29) is 24.2 Å². The molecule has 1 aliphatic heterocycles. The van der Waals surface area contributed by atoms with Gasteiger partial charge in [0.2, 0.25) is 10.0 Å². The number of halogens is 2. The van der Waals surface area contributed by atoms with Crippen molar-refractivity contribution in [1.29, 1.82) is 0 Å². The van der Waals surface area contributed by atoms with Gasteiger partial charge in [-0.25, -0.2) is 22.3 Å². The fourth-order valence-electron chi connectivity index (χ4n) is 3.45. The standard InChI is InChI=1S/C21H25ClFN3O5S/c22-14-2-1-3-18(12-14)32(29,30)24-11-10-17-8-9-19(20(13-27)31-17)26-21(28)25-16-6-4-15(23)5-7-16/h1-7,12,17,19-20,24,27H,8-11,13H2,(H2,25,26,28)/t17-,19+,20-/m0/s1. The Kier molecular flexibility index (Phi) is 8.44. The van der Waals surface area contributed by atoms with Gasteiger partial charge in [0.25, 0.3) is 0 Å². The molecular formula is C21H25ClFN3O5S. The molecule has 0 radical (unpaired) electrons. The minimum absolute atomic E-state index is 0.0826. The van der Waals surface area contributed by atoms with Crippen LogP contribution in [0.25, 0.3) is 0 Å². The maximum absolute atomic E-state index is 13.0. The molecule has 2 amide bonds. The van der Waals surface area contributed by atoms with Gasteiger partial charge < -0.3 is 20.5 Å². The van der Waals surface area contributed by atoms with Crippen molar-refractivity contribution in [1.82, 2.24) is 10.0 Å². The lowest BCUT2D eigenvalue weighted by Crippen LogP contribution is -2.52. The first-order valence-corrected chi connectivity index (χ1v) is 12.0. The molecule has 8 nitrogen and oxygen atoms in total. The molecule has 1 saturated heterocycles. The predicted octanol–water partition coefficient (Wildman–Crippen LogP) is 2.88. The van der Waals surface area contributed by atoms with Crippen molar-refractivity contribution in [2.45, 2.75) is 42.4 Å². The number of carbonyl (C=O) groups is 1. The van der Waals surface area contributed by atoms with Crippen molar-refractivity contribution in [2.75, 3.05) is 18.5 Å². The van der Waals surface area contributed by atoms with Gasteiger partial charge in [-0.05, 0) is 61.7 Å². The van der Waals surface area contributed by atoms with E-state index in [1.54, 1.807) is 12.1 Å². The minimum atomic E-state index is -3.69. The van der Waals surface area contributed by atoms with Crippen LogP contribution in [-0.4, -0.2) is 51.0 Å². The van der Waals surface area contributed by atoms with Crippen LogP contribution in [0.3, 0.4) is 0 Å². The normalized spacial score (nSPS) is 21.2. The Bertz CT molecular complexity index is 1020. The first kappa shape index (κ1) is 24.4. The van der Waals surface area contributed by atoms with Crippen molar-refractivity contribution < 1.29 is 27.4 Å². The molecule has 0 spiro atoms. The number of ether oxygens (including phenoxy) is 1. The smallest absolute Gasteiger partial charge is 0.319 e. The third-order valence-electron chi connectivity index (χ3n) is 5.08. The third-order valence-corrected chi connectivity index (χ3v) is 6.77. The number of benzene rings is 2. The molecule has 0 aromatic heterocycles. The average Bonchev–Trinajstić information content (AvgIpc) is 2.76. The molecule has 0 unspecified atom stereocenters. The molecule has 32 heavy (non-hydrogen) atoms. The first-order valence-electron chi connectivity index (χ1n) is 10.1. The topological polar surface area (TPSA) is 117 Å². The lowest BCUT2D eigenvalue weighted by atomic mass is 9.97. The highest BCUT2D eigenvalue weighted by Crippen LogP contribution is 2.22. The molecule has 4 N–H and O–H groups in total. The van der Waals surface area contributed by atoms with Crippen LogP contribution >= 0.6 is 11.6 Å². The number of anilines is 1. The Balaban J connectivity index is 1.46. The van der Waals surface area contributed by atoms with Gasteiger partial charge in [0.15, 0.2) is 0 Å². The summed E-state index contributed by atoms with van der Waals surface area (Å²) >= 11 is 5.85. The SMILES string of the molecule is O=C(Nc1ccc(F)cc1)N[C@@H]1CC[C@@H](CCNS(=O)(=O)c2cccc(Cl)c2)O[C@H]1CO. The number of nitrogens with one attached hydrogen (secondary N) is 3. The maximum Gasteiger partial charge on any atom is 0.319 e. The van der Waals surface area contributed by atoms with E-state index in [0.717, 1.165) is 0 Å². The van der Waals surface area contributed by atoms with Crippen molar-refractivity contribution in [3.63, 3.8) is 0 Å². The number of sulfonamides is 1. The van der Waals surface area contributed by atoms with Crippen LogP contribution in [0.5, 0.6) is 0 Å². The summed E-state index contributed by atoms with van der Waals surface area (Å²) < 4.78 is 46.1. The lowest BCUT2D eigenvalue weighted by molar-refractivity contribution is -0.0884. The summed E-state index contributed by atoms with van der Waals surface area (Å²) in [6, 6.07) is 10.4. The summed E-state index contributed by atoms with van der Waals surface area (Å²) in [5.74, 6) is -0.405. The van der Waals surface area contributed by atoms with Gasteiger partial charge in [-0.3, -0.25) is 0 Å². The number of aliphatic hydroxyl groups excluding tert-OH is 1. The third kappa shape index (κ3) is 6.88. The number of rotatable bonds is 8. The van der Waals surface area contributed by atoms with E-state index in [1.807, 2.05) is 0 Å². The van der Waals surface area contributed by atoms with Crippen LogP contribution in [-0.2, 0) is 14.8 Å². The average molecular weight is 486 g/mol. The van der Waals surface area contributed by atoms with Crippen LogP contribution in [0.15, 0.2) is 53.4 Å². The molecule has 1 heterocycles. The molecule has 2 aromatic rings. The van der Waals surface area contributed by atoms with Gasteiger partial charge in [-0.2, -0.15) is 0 Å². The molecule has 3 atom stereocenters. The Morgan fingerprint density at radius 3 is 2.62 bits per heavy atom. The Morgan fingerprint density at radius 1 is 1.19 bits per heavy atom. The molecule has 1 fully saturated rings. The van der Waals surface area contributed by atoms with Gasteiger partial charge in [0.05, 0.1) is 23.6 Å². The molecule has 0 bridgehead atoms. The number of aliphatic hydroxyl groups is 1. The minimum Gasteiger partial charge on any atom is -0.394 e. The number of urea groups is 1. The largest absolute Gasteiger partial charge is 0.394 e. The highest BCUT2D eigenvalue weighted by Gasteiger charge is 2.32. The van der Waals surface area contributed by atoms with Gasteiger partial charge >= 0.3 is 6.03 Å². The van der Waals surface area contributed by atoms with Crippen LogP contribution in [0.1, 0.15) is 19.3 Å². The summed E-state index contributed by atoms with van der Waals surface area (Å²) in [6.45, 7) is -0.146. The fraction of sp³-hybridized carbons (Fsp3) is 0.381. The summed E-state index contributed by atoms with van der Waals surface area (Å²) in [4.78, 5) is 12.3. The number of hydrogen-bond acceptors (Lipinski definition) is 5. The monoisotopic (exact) mass is 485 g/mol. The maximum atomic E-state index is 13.0. The van der Waals surface area contributed by atoms with Crippen molar-refractivity contribution in [2.24, 2.45) is 0 Å². The van der Waals surface area contributed by atoms with Gasteiger partial charge in [0, 0.05) is 17.3 Å². The van der Waals surface area contributed by atoms with Gasteiger partial charge in [0.1, 0.15) is 11.9 Å². The highest BCUT2D eigenvalue weighted by atomic mass is 35.5. The highest BCUT2D eigenvalue weighted by molar-refractivity contribution is 7.89. The van der Waals surface area contributed by atoms with E-state index < -0.39 is 34.0 Å². The Hall–Kier alpha value is -2.24. The second kappa shape index (κ2) is 11.1. The van der Waals surface area contributed by atoms with E-state index in [1.165, 1.54) is 36.4 Å². The van der Waals surface area contributed by atoms with Crippen LogP contribution in [0.4, 0.5) is 14.9 Å². The second-order valence-electron chi connectivity index (χ2n) is 7.41. The van der Waals surface area contributed by atoms with E-state index in [9.17, 15) is 22.7 Å². The Labute approximate surface area is 191 Å². The molecule has 0 aliphatic carbocycles. The zero-order valence-electron chi connectivity index (χ0n) is 17.1. The molecule has 174 valence electrons. The quantitative estimate of drug-likeness (QED) is 0.458. The molecule has 3 rings (SSSR count). The molecule has 2 aromatic carbocycles. The number of amides is 2. The fourth-order valence-corrected chi connectivity index (χ4v) is 4.80. The molecule has 1 aliphatic rings. The van der Waals surface area contributed by atoms with E-state index in [4.69, 9.17) is 16.3 Å². The van der Waals surface area contributed by atoms with E-state index in [0.29, 0.717) is 30.0 Å². The van der Waals surface area contributed by atoms with E-state index in [2.05, 4.69) is 15.4 Å². The molecular weight excluding hydrogens is 461 g/mol. The van der Waals surface area contributed by atoms with Crippen molar-refractivity contribution >= 4 is 33.3 Å². The number of hydrogen-bond donors (Lipinski definition) is 4. The predicted molar refractivity (Wildman–Crippen MR) is 119 cm³/mol. The summed E-state index contributed by atoms with van der Waals surface area (Å²) in [5, 5.41) is 15.4. The van der Waals surface area contributed by atoms with Crippen LogP contribution < -0.4 is 15.4 Å². The zero-order valence-corrected chi connectivity index (χ0v) is 18.7. The lowest BCUT2D eigenvalue weighted by Gasteiger charge is -2.36.